The second kappa shape index (κ2) is 5.31. The van der Waals surface area contributed by atoms with Crippen LogP contribution in [-0.4, -0.2) is 24.6 Å². The smallest absolute Gasteiger partial charge is 0.226 e. The van der Waals surface area contributed by atoms with Gasteiger partial charge < -0.3 is 15.9 Å². The molecule has 0 fully saturated rings. The number of nitrogen functional groups attached to an aromatic ring is 2. The number of benzene rings is 1. The van der Waals surface area contributed by atoms with Gasteiger partial charge in [0, 0.05) is 12.3 Å². The standard InChI is InChI=1S/C11H13N5O3S/c1-20(17,18)8-4-2-7(3-5-8)19-10-6-9(16-13)14-11(12)15-10/h2-6H,13H2,1H3,(H3,12,14,15,16). The van der Waals surface area contributed by atoms with E-state index >= 15 is 0 Å². The van der Waals surface area contributed by atoms with Gasteiger partial charge in [-0.1, -0.05) is 0 Å². The maximum atomic E-state index is 11.3. The summed E-state index contributed by atoms with van der Waals surface area (Å²) in [4.78, 5) is 7.90. The summed E-state index contributed by atoms with van der Waals surface area (Å²) in [5.41, 5.74) is 7.83. The van der Waals surface area contributed by atoms with Crippen LogP contribution in [0.4, 0.5) is 11.8 Å². The van der Waals surface area contributed by atoms with Crippen molar-refractivity contribution < 1.29 is 13.2 Å². The highest BCUT2D eigenvalue weighted by Crippen LogP contribution is 2.23. The Kier molecular flexibility index (Phi) is 3.72. The van der Waals surface area contributed by atoms with Crippen LogP contribution in [0.5, 0.6) is 11.6 Å². The predicted octanol–water partition coefficient (Wildman–Crippen LogP) is 0.540. The molecule has 0 radical (unpaired) electrons. The Morgan fingerprint density at radius 3 is 2.40 bits per heavy atom. The number of nitrogens with zero attached hydrogens (tertiary/aromatic N) is 2. The minimum Gasteiger partial charge on any atom is -0.439 e. The van der Waals surface area contributed by atoms with E-state index < -0.39 is 9.84 Å². The van der Waals surface area contributed by atoms with Crippen molar-refractivity contribution in [1.82, 2.24) is 9.97 Å². The van der Waals surface area contributed by atoms with E-state index in [9.17, 15) is 8.42 Å². The second-order valence-electron chi connectivity index (χ2n) is 3.94. The number of rotatable bonds is 4. The zero-order valence-corrected chi connectivity index (χ0v) is 11.4. The molecule has 0 atom stereocenters. The summed E-state index contributed by atoms with van der Waals surface area (Å²) < 4.78 is 28.1. The van der Waals surface area contributed by atoms with Gasteiger partial charge in [-0.25, -0.2) is 14.3 Å². The number of nitrogens with two attached hydrogens (primary N) is 2. The summed E-state index contributed by atoms with van der Waals surface area (Å²) in [5.74, 6) is 6.15. The third kappa shape index (κ3) is 3.33. The van der Waals surface area contributed by atoms with E-state index in [0.29, 0.717) is 11.6 Å². The Morgan fingerprint density at radius 1 is 1.20 bits per heavy atom. The van der Waals surface area contributed by atoms with Crippen LogP contribution >= 0.6 is 0 Å². The van der Waals surface area contributed by atoms with E-state index in [1.54, 1.807) is 0 Å². The zero-order valence-electron chi connectivity index (χ0n) is 10.6. The minimum atomic E-state index is -3.24. The highest BCUT2D eigenvalue weighted by Gasteiger charge is 2.08. The molecule has 0 bridgehead atoms. The van der Waals surface area contributed by atoms with Gasteiger partial charge >= 0.3 is 0 Å². The molecule has 2 aromatic rings. The van der Waals surface area contributed by atoms with E-state index in [-0.39, 0.29) is 16.7 Å². The highest BCUT2D eigenvalue weighted by molar-refractivity contribution is 7.90. The number of hydrogen-bond donors (Lipinski definition) is 3. The predicted molar refractivity (Wildman–Crippen MR) is 73.9 cm³/mol. The molecule has 1 aromatic carbocycles. The van der Waals surface area contributed by atoms with E-state index in [1.807, 2.05) is 0 Å². The van der Waals surface area contributed by atoms with Crippen LogP contribution in [0.15, 0.2) is 35.2 Å². The van der Waals surface area contributed by atoms with Crippen molar-refractivity contribution in [3.63, 3.8) is 0 Å². The van der Waals surface area contributed by atoms with E-state index in [1.165, 1.54) is 30.3 Å². The average Bonchev–Trinajstić information content (AvgIpc) is 2.37. The lowest BCUT2D eigenvalue weighted by atomic mass is 10.3. The van der Waals surface area contributed by atoms with Crippen molar-refractivity contribution in [3.8, 4) is 11.6 Å². The minimum absolute atomic E-state index is 0.00297. The first-order valence-corrected chi connectivity index (χ1v) is 7.37. The van der Waals surface area contributed by atoms with Gasteiger partial charge in [-0.2, -0.15) is 9.97 Å². The monoisotopic (exact) mass is 295 g/mol. The van der Waals surface area contributed by atoms with Crippen molar-refractivity contribution in [2.24, 2.45) is 5.84 Å². The molecule has 0 unspecified atom stereocenters. The number of hydrogen-bond acceptors (Lipinski definition) is 8. The van der Waals surface area contributed by atoms with Gasteiger partial charge in [-0.3, -0.25) is 0 Å². The maximum absolute atomic E-state index is 11.3. The second-order valence-corrected chi connectivity index (χ2v) is 5.96. The third-order valence-electron chi connectivity index (χ3n) is 2.34. The average molecular weight is 295 g/mol. The van der Waals surface area contributed by atoms with E-state index in [0.717, 1.165) is 6.26 Å². The molecule has 0 spiro atoms. The van der Waals surface area contributed by atoms with Crippen LogP contribution in [0.25, 0.3) is 0 Å². The van der Waals surface area contributed by atoms with Gasteiger partial charge in [0.25, 0.3) is 0 Å². The summed E-state index contributed by atoms with van der Waals surface area (Å²) in [6.07, 6.45) is 1.13. The van der Waals surface area contributed by atoms with Crippen LogP contribution in [0.1, 0.15) is 0 Å². The quantitative estimate of drug-likeness (QED) is 0.549. The number of aromatic nitrogens is 2. The first-order chi connectivity index (χ1) is 9.38. The zero-order chi connectivity index (χ0) is 14.8. The molecule has 1 heterocycles. The van der Waals surface area contributed by atoms with Crippen molar-refractivity contribution in [2.75, 3.05) is 17.4 Å². The lowest BCUT2D eigenvalue weighted by molar-refractivity contribution is 0.462. The molecule has 8 nitrogen and oxygen atoms in total. The first kappa shape index (κ1) is 14.0. The lowest BCUT2D eigenvalue weighted by Gasteiger charge is -2.07. The van der Waals surface area contributed by atoms with Crippen LogP contribution in [-0.2, 0) is 9.84 Å². The molecule has 0 saturated heterocycles. The Balaban J connectivity index is 2.24. The molecule has 0 aliphatic carbocycles. The van der Waals surface area contributed by atoms with E-state index in [2.05, 4.69) is 15.4 Å². The number of hydrazine groups is 1. The topological polar surface area (TPSA) is 133 Å². The van der Waals surface area contributed by atoms with Gasteiger partial charge in [-0.15, -0.1) is 0 Å². The van der Waals surface area contributed by atoms with E-state index in [4.69, 9.17) is 16.3 Å². The fraction of sp³-hybridized carbons (Fsp3) is 0.0909. The Hall–Kier alpha value is -2.39. The van der Waals surface area contributed by atoms with Crippen molar-refractivity contribution in [2.45, 2.75) is 4.90 Å². The lowest BCUT2D eigenvalue weighted by Crippen LogP contribution is -2.10. The summed E-state index contributed by atoms with van der Waals surface area (Å²) in [7, 11) is -3.24. The molecule has 0 saturated carbocycles. The van der Waals surface area contributed by atoms with Crippen molar-refractivity contribution in [1.29, 1.82) is 0 Å². The van der Waals surface area contributed by atoms with Gasteiger partial charge in [0.1, 0.15) is 11.6 Å². The van der Waals surface area contributed by atoms with Crippen LogP contribution in [0, 0.1) is 0 Å². The largest absolute Gasteiger partial charge is 0.439 e. The van der Waals surface area contributed by atoms with Gasteiger partial charge in [0.05, 0.1) is 4.90 Å². The molecule has 0 aliphatic rings. The summed E-state index contributed by atoms with van der Waals surface area (Å²) in [5, 5.41) is 0. The molecule has 5 N–H and O–H groups in total. The molecular weight excluding hydrogens is 282 g/mol. The van der Waals surface area contributed by atoms with Gasteiger partial charge in [0.15, 0.2) is 9.84 Å². The normalized spacial score (nSPS) is 11.1. The van der Waals surface area contributed by atoms with Crippen LogP contribution < -0.4 is 21.7 Å². The number of nitrogens with one attached hydrogen (secondary N) is 1. The number of anilines is 2. The fourth-order valence-corrected chi connectivity index (χ4v) is 2.08. The van der Waals surface area contributed by atoms with Gasteiger partial charge in [-0.05, 0) is 24.3 Å². The van der Waals surface area contributed by atoms with Gasteiger partial charge in [0.2, 0.25) is 11.8 Å². The van der Waals surface area contributed by atoms with Crippen molar-refractivity contribution >= 4 is 21.6 Å². The Morgan fingerprint density at radius 2 is 1.85 bits per heavy atom. The maximum Gasteiger partial charge on any atom is 0.226 e. The molecule has 1 aromatic heterocycles. The number of ether oxygens (including phenoxy) is 1. The van der Waals surface area contributed by atoms with Crippen molar-refractivity contribution in [3.05, 3.63) is 30.3 Å². The molecule has 0 amide bonds. The SMILES string of the molecule is CS(=O)(=O)c1ccc(Oc2cc(NN)nc(N)n2)cc1. The number of sulfone groups is 1. The van der Waals surface area contributed by atoms with Crippen LogP contribution in [0.2, 0.25) is 0 Å². The summed E-state index contributed by atoms with van der Waals surface area (Å²) in [6, 6.07) is 7.38. The molecule has 106 valence electrons. The summed E-state index contributed by atoms with van der Waals surface area (Å²) in [6.45, 7) is 0. The molecular formula is C11H13N5O3S. The Bertz CT molecular complexity index is 715. The molecule has 2 rings (SSSR count). The fourth-order valence-electron chi connectivity index (χ4n) is 1.44. The highest BCUT2D eigenvalue weighted by atomic mass is 32.2. The molecule has 9 heteroatoms. The first-order valence-electron chi connectivity index (χ1n) is 5.47. The summed E-state index contributed by atoms with van der Waals surface area (Å²) >= 11 is 0. The van der Waals surface area contributed by atoms with Crippen LogP contribution in [0.3, 0.4) is 0 Å². The Labute approximate surface area is 115 Å². The molecule has 0 aliphatic heterocycles. The molecule has 20 heavy (non-hydrogen) atoms. The third-order valence-corrected chi connectivity index (χ3v) is 3.47.